The van der Waals surface area contributed by atoms with E-state index in [9.17, 15) is 14.7 Å². The quantitative estimate of drug-likeness (QED) is 0.679. The SMILES string of the molecule is COc1ccc(C(=O)C2CCN([C@@H]3CN(C(=O)c4ccc(OC)cc4)CC[C@H]3O)CC2)cc1. The van der Waals surface area contributed by atoms with Crippen molar-refractivity contribution in [2.45, 2.75) is 31.4 Å². The maximum atomic E-state index is 13.0. The molecule has 2 atom stereocenters. The van der Waals surface area contributed by atoms with Gasteiger partial charge in [0.05, 0.1) is 26.4 Å². The second-order valence-electron chi connectivity index (χ2n) is 8.81. The van der Waals surface area contributed by atoms with Crippen LogP contribution in [-0.4, -0.2) is 79.1 Å². The van der Waals surface area contributed by atoms with Gasteiger partial charge in [-0.3, -0.25) is 14.5 Å². The Morgan fingerprint density at radius 1 is 0.818 bits per heavy atom. The van der Waals surface area contributed by atoms with Crippen LogP contribution >= 0.6 is 0 Å². The van der Waals surface area contributed by atoms with Crippen LogP contribution in [0.2, 0.25) is 0 Å². The average Bonchev–Trinajstić information content (AvgIpc) is 2.88. The van der Waals surface area contributed by atoms with Crippen molar-refractivity contribution in [1.82, 2.24) is 9.80 Å². The summed E-state index contributed by atoms with van der Waals surface area (Å²) in [5.74, 6) is 1.57. The van der Waals surface area contributed by atoms with E-state index in [-0.39, 0.29) is 23.7 Å². The van der Waals surface area contributed by atoms with Crippen molar-refractivity contribution >= 4 is 11.7 Å². The Labute approximate surface area is 194 Å². The molecule has 0 radical (unpaired) electrons. The van der Waals surface area contributed by atoms with Gasteiger partial charge in [0.2, 0.25) is 0 Å². The Kier molecular flexibility index (Phi) is 7.30. The molecule has 7 nitrogen and oxygen atoms in total. The molecule has 4 rings (SSSR count). The Hall–Kier alpha value is -2.90. The zero-order valence-electron chi connectivity index (χ0n) is 19.3. The van der Waals surface area contributed by atoms with Crippen LogP contribution in [0.15, 0.2) is 48.5 Å². The average molecular weight is 453 g/mol. The van der Waals surface area contributed by atoms with Crippen LogP contribution < -0.4 is 9.47 Å². The van der Waals surface area contributed by atoms with E-state index in [2.05, 4.69) is 4.90 Å². The number of ether oxygens (including phenoxy) is 2. The summed E-state index contributed by atoms with van der Waals surface area (Å²) in [6.07, 6.45) is 1.58. The zero-order chi connectivity index (χ0) is 23.4. The van der Waals surface area contributed by atoms with E-state index in [0.717, 1.165) is 31.7 Å². The Morgan fingerprint density at radius 3 is 1.91 bits per heavy atom. The molecule has 33 heavy (non-hydrogen) atoms. The number of carbonyl (C=O) groups excluding carboxylic acids is 2. The van der Waals surface area contributed by atoms with E-state index >= 15 is 0 Å². The van der Waals surface area contributed by atoms with Crippen LogP contribution in [0.1, 0.15) is 40.0 Å². The van der Waals surface area contributed by atoms with Crippen LogP contribution in [0.25, 0.3) is 0 Å². The summed E-state index contributed by atoms with van der Waals surface area (Å²) in [7, 11) is 3.21. The molecule has 0 unspecified atom stereocenters. The molecule has 2 saturated heterocycles. The third kappa shape index (κ3) is 5.20. The highest BCUT2D eigenvalue weighted by atomic mass is 16.5. The lowest BCUT2D eigenvalue weighted by Gasteiger charge is -2.44. The number of benzene rings is 2. The van der Waals surface area contributed by atoms with E-state index in [1.165, 1.54) is 0 Å². The highest BCUT2D eigenvalue weighted by molar-refractivity contribution is 5.98. The number of carbonyl (C=O) groups is 2. The molecule has 2 aromatic rings. The van der Waals surface area contributed by atoms with E-state index in [0.29, 0.717) is 36.4 Å². The van der Waals surface area contributed by atoms with Crippen LogP contribution in [0.5, 0.6) is 11.5 Å². The third-order valence-corrected chi connectivity index (χ3v) is 6.91. The summed E-state index contributed by atoms with van der Waals surface area (Å²) in [4.78, 5) is 30.0. The number of aliphatic hydroxyl groups is 1. The lowest BCUT2D eigenvalue weighted by Crippen LogP contribution is -2.58. The first-order chi connectivity index (χ1) is 16.0. The molecule has 7 heteroatoms. The minimum Gasteiger partial charge on any atom is -0.497 e. The van der Waals surface area contributed by atoms with Gasteiger partial charge in [0.1, 0.15) is 11.5 Å². The molecule has 2 aliphatic rings. The fraction of sp³-hybridized carbons (Fsp3) is 0.462. The van der Waals surface area contributed by atoms with E-state index in [1.54, 1.807) is 38.5 Å². The number of aliphatic hydroxyl groups excluding tert-OH is 1. The smallest absolute Gasteiger partial charge is 0.253 e. The normalized spacial score (nSPS) is 22.1. The van der Waals surface area contributed by atoms with Crippen LogP contribution in [0.3, 0.4) is 0 Å². The number of hydrogen-bond acceptors (Lipinski definition) is 6. The van der Waals surface area contributed by atoms with Crippen molar-refractivity contribution in [3.05, 3.63) is 59.7 Å². The van der Waals surface area contributed by atoms with E-state index in [1.807, 2.05) is 29.2 Å². The van der Waals surface area contributed by atoms with Crippen molar-refractivity contribution in [3.63, 3.8) is 0 Å². The van der Waals surface area contributed by atoms with E-state index < -0.39 is 6.10 Å². The summed E-state index contributed by atoms with van der Waals surface area (Å²) < 4.78 is 10.3. The minimum atomic E-state index is -0.473. The van der Waals surface area contributed by atoms with Crippen LogP contribution in [0.4, 0.5) is 0 Å². The number of Topliss-reactive ketones (excluding diaryl/α,β-unsaturated/α-hetero) is 1. The zero-order valence-corrected chi connectivity index (χ0v) is 19.3. The number of likely N-dealkylation sites (tertiary alicyclic amines) is 2. The maximum Gasteiger partial charge on any atom is 0.253 e. The molecule has 2 aromatic carbocycles. The number of nitrogens with zero attached hydrogens (tertiary/aromatic N) is 2. The molecule has 0 aromatic heterocycles. The molecule has 0 aliphatic carbocycles. The lowest BCUT2D eigenvalue weighted by atomic mass is 9.87. The predicted molar refractivity (Wildman–Crippen MR) is 125 cm³/mol. The van der Waals surface area contributed by atoms with Gasteiger partial charge in [0, 0.05) is 30.1 Å². The van der Waals surface area contributed by atoms with Crippen molar-refractivity contribution in [2.24, 2.45) is 5.92 Å². The maximum absolute atomic E-state index is 13.0. The molecule has 1 N–H and O–H groups in total. The van der Waals surface area contributed by atoms with Crippen LogP contribution in [0, 0.1) is 5.92 Å². The standard InChI is InChI=1S/C26H32N2O5/c1-32-21-7-3-18(4-8-21)25(30)19-11-14-27(15-12-19)23-17-28(16-13-24(23)29)26(31)20-5-9-22(33-2)10-6-20/h3-10,19,23-24,29H,11-17H2,1-2H3/t23-,24-/m1/s1. The first-order valence-corrected chi connectivity index (χ1v) is 11.5. The Bertz CT molecular complexity index is 952. The molecule has 2 aliphatic heterocycles. The number of methoxy groups -OCH3 is 2. The van der Waals surface area contributed by atoms with Crippen molar-refractivity contribution in [2.75, 3.05) is 40.4 Å². The van der Waals surface area contributed by atoms with Crippen molar-refractivity contribution in [3.8, 4) is 11.5 Å². The van der Waals surface area contributed by atoms with Crippen molar-refractivity contribution < 1.29 is 24.2 Å². The molecule has 0 spiro atoms. The molecular formula is C26H32N2O5. The first-order valence-electron chi connectivity index (χ1n) is 11.5. The Morgan fingerprint density at radius 2 is 1.36 bits per heavy atom. The number of ketones is 1. The molecule has 2 fully saturated rings. The predicted octanol–water partition coefficient (Wildman–Crippen LogP) is 2.87. The van der Waals surface area contributed by atoms with Gasteiger partial charge < -0.3 is 19.5 Å². The molecule has 0 bridgehead atoms. The van der Waals surface area contributed by atoms with Crippen molar-refractivity contribution in [1.29, 1.82) is 0 Å². The summed E-state index contributed by atoms with van der Waals surface area (Å²) in [6, 6.07) is 14.3. The van der Waals surface area contributed by atoms with E-state index in [4.69, 9.17) is 9.47 Å². The molecular weight excluding hydrogens is 420 g/mol. The van der Waals surface area contributed by atoms with Gasteiger partial charge in [-0.25, -0.2) is 0 Å². The van der Waals surface area contributed by atoms with Gasteiger partial charge >= 0.3 is 0 Å². The van der Waals surface area contributed by atoms with Gasteiger partial charge in [-0.05, 0) is 80.9 Å². The molecule has 1 amide bonds. The monoisotopic (exact) mass is 452 g/mol. The van der Waals surface area contributed by atoms with Gasteiger partial charge in [0.25, 0.3) is 5.91 Å². The number of piperidine rings is 2. The second-order valence-corrected chi connectivity index (χ2v) is 8.81. The summed E-state index contributed by atoms with van der Waals surface area (Å²) in [5, 5.41) is 10.7. The fourth-order valence-corrected chi connectivity index (χ4v) is 4.86. The van der Waals surface area contributed by atoms with Gasteiger partial charge in [-0.2, -0.15) is 0 Å². The third-order valence-electron chi connectivity index (χ3n) is 6.91. The Balaban J connectivity index is 1.35. The highest BCUT2D eigenvalue weighted by Crippen LogP contribution is 2.27. The van der Waals surface area contributed by atoms with Gasteiger partial charge in [0.15, 0.2) is 5.78 Å². The molecule has 0 saturated carbocycles. The van der Waals surface area contributed by atoms with Gasteiger partial charge in [-0.15, -0.1) is 0 Å². The topological polar surface area (TPSA) is 79.3 Å². The fourth-order valence-electron chi connectivity index (χ4n) is 4.86. The molecule has 2 heterocycles. The second kappa shape index (κ2) is 10.4. The largest absolute Gasteiger partial charge is 0.497 e. The molecule has 176 valence electrons. The summed E-state index contributed by atoms with van der Waals surface area (Å²) in [6.45, 7) is 2.50. The van der Waals surface area contributed by atoms with Crippen LogP contribution in [-0.2, 0) is 0 Å². The number of rotatable bonds is 6. The lowest BCUT2D eigenvalue weighted by molar-refractivity contribution is -0.0175. The highest BCUT2D eigenvalue weighted by Gasteiger charge is 2.37. The first kappa shape index (κ1) is 23.3. The summed E-state index contributed by atoms with van der Waals surface area (Å²) in [5.41, 5.74) is 1.33. The summed E-state index contributed by atoms with van der Waals surface area (Å²) >= 11 is 0. The van der Waals surface area contributed by atoms with Gasteiger partial charge in [-0.1, -0.05) is 0 Å². The minimum absolute atomic E-state index is 0.0209. The number of hydrogen-bond donors (Lipinski definition) is 1. The number of amides is 1.